The minimum atomic E-state index is -3.41. The van der Waals surface area contributed by atoms with Crippen LogP contribution in [0.2, 0.25) is 0 Å². The summed E-state index contributed by atoms with van der Waals surface area (Å²) in [6.45, 7) is 5.23. The van der Waals surface area contributed by atoms with E-state index in [0.29, 0.717) is 0 Å². The van der Waals surface area contributed by atoms with E-state index in [4.69, 9.17) is 10.5 Å². The highest BCUT2D eigenvalue weighted by atomic mass is 32.2. The molecule has 1 aliphatic rings. The third-order valence-corrected chi connectivity index (χ3v) is 5.36. The molecule has 1 fully saturated rings. The van der Waals surface area contributed by atoms with Crippen LogP contribution >= 0.6 is 0 Å². The maximum Gasteiger partial charge on any atom is 0.410 e. The van der Waals surface area contributed by atoms with Crippen molar-refractivity contribution in [3.63, 3.8) is 0 Å². The number of ether oxygens (including phenoxy) is 2. The molecule has 2 unspecified atom stereocenters. The van der Waals surface area contributed by atoms with Crippen LogP contribution in [0.4, 0.5) is 4.79 Å². The number of methoxy groups -OCH3 is 1. The fourth-order valence-corrected chi connectivity index (χ4v) is 3.81. The Bertz CT molecular complexity index is 525. The lowest BCUT2D eigenvalue weighted by Crippen LogP contribution is -2.52. The SMILES string of the molecule is COC(=O)C(N)CC1CN(C(=O)OC(C)(C)C)CCS1(=O)=O. The first-order valence-electron chi connectivity index (χ1n) is 6.99. The van der Waals surface area contributed by atoms with Gasteiger partial charge >= 0.3 is 12.1 Å². The molecule has 0 spiro atoms. The topological polar surface area (TPSA) is 116 Å². The first-order chi connectivity index (χ1) is 9.96. The molecule has 0 aromatic carbocycles. The number of hydrogen-bond acceptors (Lipinski definition) is 7. The van der Waals surface area contributed by atoms with Crippen LogP contribution in [-0.2, 0) is 24.1 Å². The molecule has 2 atom stereocenters. The molecule has 0 aliphatic carbocycles. The van der Waals surface area contributed by atoms with Crippen molar-refractivity contribution >= 4 is 21.9 Å². The molecular weight excluding hydrogens is 312 g/mol. The summed E-state index contributed by atoms with van der Waals surface area (Å²) >= 11 is 0. The molecule has 1 heterocycles. The fourth-order valence-electron chi connectivity index (χ4n) is 2.10. The number of carbonyl (C=O) groups excluding carboxylic acids is 2. The van der Waals surface area contributed by atoms with Crippen LogP contribution in [0.5, 0.6) is 0 Å². The number of amides is 1. The van der Waals surface area contributed by atoms with Crippen LogP contribution in [0.1, 0.15) is 27.2 Å². The van der Waals surface area contributed by atoms with Gasteiger partial charge in [-0.1, -0.05) is 0 Å². The number of nitrogens with zero attached hydrogens (tertiary/aromatic N) is 1. The molecule has 8 nitrogen and oxygen atoms in total. The second-order valence-corrected chi connectivity index (χ2v) is 8.68. The summed E-state index contributed by atoms with van der Waals surface area (Å²) in [6, 6.07) is -1.04. The Morgan fingerprint density at radius 3 is 2.45 bits per heavy atom. The van der Waals surface area contributed by atoms with Crippen LogP contribution < -0.4 is 5.73 Å². The van der Waals surface area contributed by atoms with E-state index in [1.807, 2.05) is 0 Å². The molecule has 0 radical (unpaired) electrons. The molecule has 128 valence electrons. The maximum absolute atomic E-state index is 12.1. The number of hydrogen-bond donors (Lipinski definition) is 1. The quantitative estimate of drug-likeness (QED) is 0.716. The van der Waals surface area contributed by atoms with E-state index in [0.717, 1.165) is 0 Å². The lowest BCUT2D eigenvalue weighted by molar-refractivity contribution is -0.142. The van der Waals surface area contributed by atoms with Gasteiger partial charge in [0.05, 0.1) is 18.1 Å². The van der Waals surface area contributed by atoms with Crippen LogP contribution in [0.15, 0.2) is 0 Å². The Kier molecular flexibility index (Phi) is 5.80. The molecule has 1 rings (SSSR count). The molecule has 0 saturated carbocycles. The lowest BCUT2D eigenvalue weighted by atomic mass is 10.1. The van der Waals surface area contributed by atoms with Crippen LogP contribution in [0.3, 0.4) is 0 Å². The predicted octanol–water partition coefficient (Wildman–Crippen LogP) is -0.0891. The molecule has 22 heavy (non-hydrogen) atoms. The Hall–Kier alpha value is -1.35. The van der Waals surface area contributed by atoms with Gasteiger partial charge in [0.2, 0.25) is 0 Å². The van der Waals surface area contributed by atoms with Crippen molar-refractivity contribution in [2.24, 2.45) is 5.73 Å². The zero-order chi connectivity index (χ0) is 17.1. The molecule has 1 amide bonds. The third kappa shape index (κ3) is 5.13. The average Bonchev–Trinajstić information content (AvgIpc) is 2.37. The number of esters is 1. The van der Waals surface area contributed by atoms with Gasteiger partial charge in [-0.3, -0.25) is 4.79 Å². The van der Waals surface area contributed by atoms with E-state index >= 15 is 0 Å². The second kappa shape index (κ2) is 6.82. The van der Waals surface area contributed by atoms with E-state index in [1.54, 1.807) is 20.8 Å². The van der Waals surface area contributed by atoms with Gasteiger partial charge in [0.15, 0.2) is 9.84 Å². The Morgan fingerprint density at radius 1 is 1.36 bits per heavy atom. The summed E-state index contributed by atoms with van der Waals surface area (Å²) in [5.41, 5.74) is 4.97. The second-order valence-electron chi connectivity index (χ2n) is 6.28. The molecule has 9 heteroatoms. The molecule has 1 aliphatic heterocycles. The minimum Gasteiger partial charge on any atom is -0.468 e. The van der Waals surface area contributed by atoms with Crippen LogP contribution in [0.25, 0.3) is 0 Å². The molecular formula is C13H24N2O6S. The summed E-state index contributed by atoms with van der Waals surface area (Å²) in [5.74, 6) is -0.852. The van der Waals surface area contributed by atoms with Gasteiger partial charge in [-0.2, -0.15) is 0 Å². The summed E-state index contributed by atoms with van der Waals surface area (Å²) in [5, 5.41) is -0.900. The molecule has 0 aromatic heterocycles. The van der Waals surface area contributed by atoms with Crippen molar-refractivity contribution in [1.82, 2.24) is 4.90 Å². The van der Waals surface area contributed by atoms with Gasteiger partial charge in [-0.05, 0) is 27.2 Å². The Balaban J connectivity index is 2.78. The molecule has 0 aromatic rings. The summed E-state index contributed by atoms with van der Waals surface area (Å²) < 4.78 is 33.9. The monoisotopic (exact) mass is 336 g/mol. The Labute approximate surface area is 130 Å². The van der Waals surface area contributed by atoms with Crippen molar-refractivity contribution in [3.05, 3.63) is 0 Å². The number of sulfone groups is 1. The maximum atomic E-state index is 12.1. The van der Waals surface area contributed by atoms with E-state index < -0.39 is 38.8 Å². The van der Waals surface area contributed by atoms with Crippen molar-refractivity contribution in [2.45, 2.75) is 44.1 Å². The zero-order valence-corrected chi connectivity index (χ0v) is 14.2. The highest BCUT2D eigenvalue weighted by Gasteiger charge is 2.38. The zero-order valence-electron chi connectivity index (χ0n) is 13.4. The van der Waals surface area contributed by atoms with E-state index in [-0.39, 0.29) is 25.3 Å². The summed E-state index contributed by atoms with van der Waals surface area (Å²) in [7, 11) is -2.22. The summed E-state index contributed by atoms with van der Waals surface area (Å²) in [6.07, 6.45) is -0.659. The first-order valence-corrected chi connectivity index (χ1v) is 8.70. The van der Waals surface area contributed by atoms with Gasteiger partial charge in [0.25, 0.3) is 0 Å². The van der Waals surface area contributed by atoms with Gasteiger partial charge in [0, 0.05) is 13.1 Å². The minimum absolute atomic E-state index is 0.0397. The average molecular weight is 336 g/mol. The molecule has 2 N–H and O–H groups in total. The van der Waals surface area contributed by atoms with Gasteiger partial charge in [-0.25, -0.2) is 13.2 Å². The summed E-state index contributed by atoms with van der Waals surface area (Å²) in [4.78, 5) is 24.7. The number of rotatable bonds is 3. The Morgan fingerprint density at radius 2 is 1.95 bits per heavy atom. The fraction of sp³-hybridized carbons (Fsp3) is 0.846. The van der Waals surface area contributed by atoms with Gasteiger partial charge in [0.1, 0.15) is 11.6 Å². The highest BCUT2D eigenvalue weighted by molar-refractivity contribution is 7.92. The van der Waals surface area contributed by atoms with Crippen LogP contribution in [0, 0.1) is 0 Å². The molecule has 1 saturated heterocycles. The van der Waals surface area contributed by atoms with Crippen molar-refractivity contribution in [3.8, 4) is 0 Å². The van der Waals surface area contributed by atoms with Crippen molar-refractivity contribution < 1.29 is 27.5 Å². The third-order valence-electron chi connectivity index (χ3n) is 3.25. The van der Waals surface area contributed by atoms with Crippen molar-refractivity contribution in [2.75, 3.05) is 26.0 Å². The standard InChI is InChI=1S/C13H24N2O6S/c1-13(2,3)21-12(17)15-5-6-22(18,19)9(8-15)7-10(14)11(16)20-4/h9-10H,5-8,14H2,1-4H3. The van der Waals surface area contributed by atoms with E-state index in [2.05, 4.69) is 4.74 Å². The first kappa shape index (κ1) is 18.7. The molecule has 0 bridgehead atoms. The highest BCUT2D eigenvalue weighted by Crippen LogP contribution is 2.19. The largest absolute Gasteiger partial charge is 0.468 e. The van der Waals surface area contributed by atoms with Gasteiger partial charge < -0.3 is 20.1 Å². The van der Waals surface area contributed by atoms with Gasteiger partial charge in [-0.15, -0.1) is 0 Å². The smallest absolute Gasteiger partial charge is 0.410 e. The predicted molar refractivity (Wildman–Crippen MR) is 80.0 cm³/mol. The van der Waals surface area contributed by atoms with Crippen LogP contribution in [-0.4, -0.2) is 68.2 Å². The normalized spacial score (nSPS) is 22.8. The lowest BCUT2D eigenvalue weighted by Gasteiger charge is -2.34. The number of nitrogens with two attached hydrogens (primary N) is 1. The van der Waals surface area contributed by atoms with Crippen molar-refractivity contribution in [1.29, 1.82) is 0 Å². The van der Waals surface area contributed by atoms with E-state index in [1.165, 1.54) is 12.0 Å². The number of carbonyl (C=O) groups is 2. The van der Waals surface area contributed by atoms with E-state index in [9.17, 15) is 18.0 Å².